The maximum atomic E-state index is 13.5. The molecule has 0 amide bonds. The van der Waals surface area contributed by atoms with Crippen LogP contribution in [-0.2, 0) is 6.54 Å². The van der Waals surface area contributed by atoms with Crippen LogP contribution in [0.2, 0.25) is 5.02 Å². The highest BCUT2D eigenvalue weighted by Crippen LogP contribution is 2.23. The molecule has 0 aliphatic rings. The van der Waals surface area contributed by atoms with E-state index >= 15 is 0 Å². The second-order valence-corrected chi connectivity index (χ2v) is 7.52. The third kappa shape index (κ3) is 3.62. The highest BCUT2D eigenvalue weighted by Gasteiger charge is 2.12. The summed E-state index contributed by atoms with van der Waals surface area (Å²) in [7, 11) is 0. The van der Waals surface area contributed by atoms with Crippen LogP contribution in [0.1, 0.15) is 5.56 Å². The minimum atomic E-state index is -0.365. The summed E-state index contributed by atoms with van der Waals surface area (Å²) in [6.45, 7) is 0.244. The lowest BCUT2D eigenvalue weighted by Crippen LogP contribution is -2.17. The van der Waals surface area contributed by atoms with E-state index in [0.29, 0.717) is 32.7 Å². The van der Waals surface area contributed by atoms with E-state index in [1.807, 2.05) is 41.1 Å². The molecule has 0 fully saturated rings. The minimum Gasteiger partial charge on any atom is -0.365 e. The fourth-order valence-corrected chi connectivity index (χ4v) is 3.80. The number of para-hydroxylation sites is 1. The molecular weight excluding hydrogens is 415 g/mol. The summed E-state index contributed by atoms with van der Waals surface area (Å²) < 4.78 is 15.5. The summed E-state index contributed by atoms with van der Waals surface area (Å²) in [5.41, 5.74) is 2.62. The average Bonchev–Trinajstić information content (AvgIpc) is 2.79. The van der Waals surface area contributed by atoms with Gasteiger partial charge in [-0.25, -0.2) is 14.4 Å². The largest absolute Gasteiger partial charge is 0.365 e. The topological polar surface area (TPSA) is 59.8 Å². The SMILES string of the molecule is O=c1c(CNc2ncnc3cc(F)ccc23)cn(-c2ccccc2)c2cc(Cl)ccc12. The second kappa shape index (κ2) is 7.81. The smallest absolute Gasteiger partial charge is 0.194 e. The fourth-order valence-electron chi connectivity index (χ4n) is 3.63. The van der Waals surface area contributed by atoms with Crippen molar-refractivity contribution < 1.29 is 4.39 Å². The molecule has 5 nitrogen and oxygen atoms in total. The monoisotopic (exact) mass is 430 g/mol. The Balaban J connectivity index is 1.60. The van der Waals surface area contributed by atoms with Crippen molar-refractivity contribution in [1.29, 1.82) is 0 Å². The van der Waals surface area contributed by atoms with E-state index in [0.717, 1.165) is 11.2 Å². The van der Waals surface area contributed by atoms with Crippen LogP contribution >= 0.6 is 11.6 Å². The molecule has 31 heavy (non-hydrogen) atoms. The molecule has 0 radical (unpaired) electrons. The van der Waals surface area contributed by atoms with Crippen molar-refractivity contribution in [2.45, 2.75) is 6.54 Å². The van der Waals surface area contributed by atoms with E-state index in [1.54, 1.807) is 24.3 Å². The number of hydrogen-bond acceptors (Lipinski definition) is 4. The zero-order valence-corrected chi connectivity index (χ0v) is 17.0. The lowest BCUT2D eigenvalue weighted by Gasteiger charge is -2.15. The molecule has 0 unspecified atom stereocenters. The Labute approximate surface area is 181 Å². The Morgan fingerprint density at radius 1 is 0.968 bits per heavy atom. The quantitative estimate of drug-likeness (QED) is 0.418. The summed E-state index contributed by atoms with van der Waals surface area (Å²) in [6.07, 6.45) is 3.18. The standard InChI is InChI=1S/C24H16ClFN4O/c25-16-6-8-20-22(10-16)30(18-4-2-1-3-5-18)13-15(23(20)31)12-27-24-19-9-7-17(26)11-21(19)28-14-29-24/h1-11,13-14H,12H2,(H,27,28,29). The molecule has 0 aliphatic heterocycles. The van der Waals surface area contributed by atoms with Gasteiger partial charge in [-0.05, 0) is 42.5 Å². The summed E-state index contributed by atoms with van der Waals surface area (Å²) in [5, 5.41) is 5.02. The number of aromatic nitrogens is 3. The summed E-state index contributed by atoms with van der Waals surface area (Å²) in [5.74, 6) is 0.169. The number of halogens is 2. The number of anilines is 1. The van der Waals surface area contributed by atoms with Gasteiger partial charge in [-0.2, -0.15) is 0 Å². The number of pyridine rings is 1. The molecule has 0 aliphatic carbocycles. The van der Waals surface area contributed by atoms with Crippen LogP contribution in [0.15, 0.2) is 84.0 Å². The van der Waals surface area contributed by atoms with Crippen LogP contribution in [0.25, 0.3) is 27.5 Å². The number of benzene rings is 3. The molecule has 2 heterocycles. The Morgan fingerprint density at radius 2 is 1.77 bits per heavy atom. The van der Waals surface area contributed by atoms with Gasteiger partial charge in [0.2, 0.25) is 0 Å². The van der Waals surface area contributed by atoms with E-state index in [2.05, 4.69) is 15.3 Å². The van der Waals surface area contributed by atoms with Crippen molar-refractivity contribution in [3.8, 4) is 5.69 Å². The number of nitrogens with zero attached hydrogens (tertiary/aromatic N) is 3. The van der Waals surface area contributed by atoms with Gasteiger partial charge in [0.05, 0.1) is 11.0 Å². The molecule has 7 heteroatoms. The van der Waals surface area contributed by atoms with Gasteiger partial charge in [0, 0.05) is 45.9 Å². The van der Waals surface area contributed by atoms with Gasteiger partial charge < -0.3 is 9.88 Å². The third-order valence-electron chi connectivity index (χ3n) is 5.12. The molecule has 0 saturated heterocycles. The zero-order chi connectivity index (χ0) is 21.4. The Kier molecular flexibility index (Phi) is 4.84. The van der Waals surface area contributed by atoms with Crippen LogP contribution in [0.4, 0.5) is 10.2 Å². The summed E-state index contributed by atoms with van der Waals surface area (Å²) in [4.78, 5) is 21.5. The van der Waals surface area contributed by atoms with Gasteiger partial charge in [0.15, 0.2) is 5.43 Å². The number of fused-ring (bicyclic) bond motifs is 2. The first-order chi connectivity index (χ1) is 15.1. The van der Waals surface area contributed by atoms with Crippen LogP contribution in [0.3, 0.4) is 0 Å². The van der Waals surface area contributed by atoms with Crippen LogP contribution in [0, 0.1) is 5.82 Å². The second-order valence-electron chi connectivity index (χ2n) is 7.09. The average molecular weight is 431 g/mol. The highest BCUT2D eigenvalue weighted by molar-refractivity contribution is 6.31. The van der Waals surface area contributed by atoms with Crippen molar-refractivity contribution in [3.05, 3.63) is 106 Å². The normalized spacial score (nSPS) is 11.2. The molecule has 0 atom stereocenters. The first-order valence-electron chi connectivity index (χ1n) is 9.63. The van der Waals surface area contributed by atoms with E-state index in [4.69, 9.17) is 11.6 Å². The third-order valence-corrected chi connectivity index (χ3v) is 5.35. The van der Waals surface area contributed by atoms with Gasteiger partial charge >= 0.3 is 0 Å². The van der Waals surface area contributed by atoms with Gasteiger partial charge in [-0.3, -0.25) is 4.79 Å². The Bertz CT molecular complexity index is 1480. The fraction of sp³-hybridized carbons (Fsp3) is 0.0417. The molecule has 1 N–H and O–H groups in total. The van der Waals surface area contributed by atoms with Crippen molar-refractivity contribution >= 4 is 39.2 Å². The maximum Gasteiger partial charge on any atom is 0.194 e. The van der Waals surface area contributed by atoms with Gasteiger partial charge in [-0.1, -0.05) is 29.8 Å². The highest BCUT2D eigenvalue weighted by atomic mass is 35.5. The molecular formula is C24H16ClFN4O. The summed E-state index contributed by atoms with van der Waals surface area (Å²) >= 11 is 6.21. The van der Waals surface area contributed by atoms with Crippen molar-refractivity contribution in [2.24, 2.45) is 0 Å². The molecule has 5 rings (SSSR count). The van der Waals surface area contributed by atoms with E-state index in [1.165, 1.54) is 18.5 Å². The zero-order valence-electron chi connectivity index (χ0n) is 16.2. The van der Waals surface area contributed by atoms with Gasteiger partial charge in [-0.15, -0.1) is 0 Å². The maximum absolute atomic E-state index is 13.5. The summed E-state index contributed by atoms with van der Waals surface area (Å²) in [6, 6.07) is 19.3. The van der Waals surface area contributed by atoms with Gasteiger partial charge in [0.25, 0.3) is 0 Å². The number of hydrogen-bond donors (Lipinski definition) is 1. The molecule has 0 saturated carbocycles. The predicted molar refractivity (Wildman–Crippen MR) is 121 cm³/mol. The molecule has 5 aromatic rings. The van der Waals surface area contributed by atoms with Crippen LogP contribution in [0.5, 0.6) is 0 Å². The van der Waals surface area contributed by atoms with E-state index < -0.39 is 0 Å². The molecule has 152 valence electrons. The molecule has 0 bridgehead atoms. The predicted octanol–water partition coefficient (Wildman–Crippen LogP) is 5.34. The molecule has 0 spiro atoms. The first kappa shape index (κ1) is 19.2. The van der Waals surface area contributed by atoms with Crippen molar-refractivity contribution in [3.63, 3.8) is 0 Å². The lowest BCUT2D eigenvalue weighted by atomic mass is 10.1. The first-order valence-corrected chi connectivity index (χ1v) is 10.0. The number of rotatable bonds is 4. The lowest BCUT2D eigenvalue weighted by molar-refractivity contribution is 0.629. The van der Waals surface area contributed by atoms with E-state index in [9.17, 15) is 9.18 Å². The van der Waals surface area contributed by atoms with Crippen molar-refractivity contribution in [1.82, 2.24) is 14.5 Å². The minimum absolute atomic E-state index is 0.0873. The van der Waals surface area contributed by atoms with Crippen LogP contribution in [-0.4, -0.2) is 14.5 Å². The number of nitrogens with one attached hydrogen (secondary N) is 1. The Morgan fingerprint density at radius 3 is 2.61 bits per heavy atom. The van der Waals surface area contributed by atoms with Crippen LogP contribution < -0.4 is 10.7 Å². The van der Waals surface area contributed by atoms with E-state index in [-0.39, 0.29) is 17.8 Å². The van der Waals surface area contributed by atoms with Gasteiger partial charge in [0.1, 0.15) is 18.0 Å². The Hall–Kier alpha value is -3.77. The van der Waals surface area contributed by atoms with Crippen molar-refractivity contribution in [2.75, 3.05) is 5.32 Å². The molecule has 3 aromatic carbocycles. The molecule has 2 aromatic heterocycles.